The van der Waals surface area contributed by atoms with E-state index in [2.05, 4.69) is 5.32 Å². The monoisotopic (exact) mass is 348 g/mol. The van der Waals surface area contributed by atoms with E-state index in [1.165, 1.54) is 12.1 Å². The van der Waals surface area contributed by atoms with Gasteiger partial charge in [-0.05, 0) is 54.8 Å². The van der Waals surface area contributed by atoms with Crippen molar-refractivity contribution in [1.29, 1.82) is 0 Å². The van der Waals surface area contributed by atoms with E-state index in [-0.39, 0.29) is 16.9 Å². The Morgan fingerprint density at radius 3 is 2.83 bits per heavy atom. The van der Waals surface area contributed by atoms with Gasteiger partial charge in [-0.1, -0.05) is 6.07 Å². The molecule has 2 aromatic rings. The van der Waals surface area contributed by atoms with Gasteiger partial charge in [0.15, 0.2) is 11.0 Å². The van der Waals surface area contributed by atoms with Gasteiger partial charge in [-0.25, -0.2) is 0 Å². The normalized spacial score (nSPS) is 17.6. The molecule has 1 aliphatic heterocycles. The van der Waals surface area contributed by atoms with Crippen LogP contribution < -0.4 is 5.32 Å². The molecule has 1 atom stereocenters. The molecule has 1 saturated heterocycles. The Kier molecular flexibility index (Phi) is 4.87. The number of β-amino-alcohol motifs (C(OH)–C–C–N with tert-alkyl or cyclic N) is 1. The third kappa shape index (κ3) is 3.77. The van der Waals surface area contributed by atoms with Crippen LogP contribution in [0.15, 0.2) is 40.8 Å². The van der Waals surface area contributed by atoms with Crippen LogP contribution in [0, 0.1) is 0 Å². The minimum atomic E-state index is -0.478. The summed E-state index contributed by atoms with van der Waals surface area (Å²) in [4.78, 5) is 26.2. The maximum atomic E-state index is 12.5. The first kappa shape index (κ1) is 16.5. The summed E-state index contributed by atoms with van der Waals surface area (Å²) in [7, 11) is 0. The maximum Gasteiger partial charge on any atom is 0.291 e. The van der Waals surface area contributed by atoms with Gasteiger partial charge in [0.1, 0.15) is 0 Å². The molecule has 3 rings (SSSR count). The zero-order valence-corrected chi connectivity index (χ0v) is 13.6. The van der Waals surface area contributed by atoms with Crippen LogP contribution in [-0.2, 0) is 0 Å². The number of hydrogen-bond acceptors (Lipinski definition) is 4. The molecule has 1 aliphatic rings. The largest absolute Gasteiger partial charge is 0.440 e. The van der Waals surface area contributed by atoms with Crippen molar-refractivity contribution in [2.75, 3.05) is 18.4 Å². The average Bonchev–Trinajstić information content (AvgIpc) is 3.01. The smallest absolute Gasteiger partial charge is 0.291 e. The van der Waals surface area contributed by atoms with Crippen LogP contribution in [0.5, 0.6) is 0 Å². The second-order valence-electron chi connectivity index (χ2n) is 5.69. The number of aliphatic hydroxyl groups is 1. The number of nitrogens with one attached hydrogen (secondary N) is 1. The van der Waals surface area contributed by atoms with E-state index in [9.17, 15) is 14.7 Å². The van der Waals surface area contributed by atoms with Crippen LogP contribution in [-0.4, -0.2) is 41.0 Å². The van der Waals surface area contributed by atoms with Crippen LogP contribution in [0.3, 0.4) is 0 Å². The van der Waals surface area contributed by atoms with Crippen LogP contribution in [0.4, 0.5) is 5.69 Å². The highest BCUT2D eigenvalue weighted by Crippen LogP contribution is 2.18. The summed E-state index contributed by atoms with van der Waals surface area (Å²) in [6.45, 7) is 0.956. The summed E-state index contributed by atoms with van der Waals surface area (Å²) < 4.78 is 5.05. The summed E-state index contributed by atoms with van der Waals surface area (Å²) in [5, 5.41) is 12.5. The minimum Gasteiger partial charge on any atom is -0.440 e. The van der Waals surface area contributed by atoms with E-state index in [1.807, 2.05) is 0 Å². The molecule has 24 heavy (non-hydrogen) atoms. The van der Waals surface area contributed by atoms with Gasteiger partial charge >= 0.3 is 0 Å². The molecule has 1 fully saturated rings. The lowest BCUT2D eigenvalue weighted by molar-refractivity contribution is 0.0474. The van der Waals surface area contributed by atoms with E-state index in [0.29, 0.717) is 30.8 Å². The number of hydrogen-bond donors (Lipinski definition) is 2. The highest BCUT2D eigenvalue weighted by molar-refractivity contribution is 6.29. The molecule has 0 spiro atoms. The van der Waals surface area contributed by atoms with Gasteiger partial charge in [0.25, 0.3) is 11.8 Å². The van der Waals surface area contributed by atoms with Crippen molar-refractivity contribution in [2.24, 2.45) is 0 Å². The third-order valence-corrected chi connectivity index (χ3v) is 4.05. The molecule has 1 aromatic carbocycles. The van der Waals surface area contributed by atoms with Crippen molar-refractivity contribution in [1.82, 2.24) is 4.90 Å². The Bertz CT molecular complexity index is 759. The third-order valence-electron chi connectivity index (χ3n) is 3.85. The number of carbonyl (C=O) groups is 2. The zero-order chi connectivity index (χ0) is 17.1. The zero-order valence-electron chi connectivity index (χ0n) is 12.9. The number of benzene rings is 1. The van der Waals surface area contributed by atoms with Gasteiger partial charge in [-0.15, -0.1) is 0 Å². The fraction of sp³-hybridized carbons (Fsp3) is 0.294. The number of aliphatic hydroxyl groups excluding tert-OH is 1. The second-order valence-corrected chi connectivity index (χ2v) is 6.06. The molecule has 1 aromatic heterocycles. The van der Waals surface area contributed by atoms with Crippen LogP contribution in [0.1, 0.15) is 33.8 Å². The summed E-state index contributed by atoms with van der Waals surface area (Å²) in [6.07, 6.45) is 1.02. The summed E-state index contributed by atoms with van der Waals surface area (Å²) >= 11 is 5.65. The van der Waals surface area contributed by atoms with Crippen molar-refractivity contribution in [2.45, 2.75) is 18.9 Å². The molecular weight excluding hydrogens is 332 g/mol. The number of piperidine rings is 1. The number of amides is 2. The molecule has 126 valence electrons. The van der Waals surface area contributed by atoms with Crippen LogP contribution in [0.25, 0.3) is 0 Å². The molecular formula is C17H17ClN2O4. The Morgan fingerprint density at radius 1 is 1.29 bits per heavy atom. The predicted octanol–water partition coefficient (Wildman–Crippen LogP) is 2.78. The molecule has 2 amide bonds. The molecule has 2 heterocycles. The van der Waals surface area contributed by atoms with E-state index in [1.54, 1.807) is 29.2 Å². The van der Waals surface area contributed by atoms with E-state index in [0.717, 1.165) is 6.42 Å². The number of carbonyl (C=O) groups excluding carboxylic acids is 2. The topological polar surface area (TPSA) is 82.8 Å². The Morgan fingerprint density at radius 2 is 2.12 bits per heavy atom. The van der Waals surface area contributed by atoms with Gasteiger partial charge in [0.2, 0.25) is 0 Å². The first-order chi connectivity index (χ1) is 11.5. The summed E-state index contributed by atoms with van der Waals surface area (Å²) in [6, 6.07) is 9.62. The SMILES string of the molecule is O=C(Nc1cccc(C(=O)N2CCCC(O)C2)c1)c1ccc(Cl)o1. The molecule has 0 bridgehead atoms. The van der Waals surface area contributed by atoms with E-state index >= 15 is 0 Å². The average molecular weight is 349 g/mol. The van der Waals surface area contributed by atoms with Crippen molar-refractivity contribution in [3.05, 3.63) is 52.9 Å². The first-order valence-corrected chi connectivity index (χ1v) is 8.05. The van der Waals surface area contributed by atoms with E-state index < -0.39 is 12.0 Å². The number of furan rings is 1. The molecule has 1 unspecified atom stereocenters. The van der Waals surface area contributed by atoms with Crippen LogP contribution in [0.2, 0.25) is 5.22 Å². The minimum absolute atomic E-state index is 0.0934. The standard InChI is InChI=1S/C17H17ClN2O4/c18-15-7-6-14(24-15)16(22)19-12-4-1-3-11(9-12)17(23)20-8-2-5-13(21)10-20/h1,3-4,6-7,9,13,21H,2,5,8,10H2,(H,19,22). The molecule has 7 heteroatoms. The number of rotatable bonds is 3. The molecule has 0 aliphatic carbocycles. The quantitative estimate of drug-likeness (QED) is 0.893. The Balaban J connectivity index is 1.71. The molecule has 0 saturated carbocycles. The van der Waals surface area contributed by atoms with Gasteiger partial charge in [-0.3, -0.25) is 9.59 Å². The van der Waals surface area contributed by atoms with Crippen molar-refractivity contribution in [3.63, 3.8) is 0 Å². The van der Waals surface area contributed by atoms with E-state index in [4.69, 9.17) is 16.0 Å². The number of halogens is 1. The number of nitrogens with zero attached hydrogens (tertiary/aromatic N) is 1. The Hall–Kier alpha value is -2.31. The fourth-order valence-corrected chi connectivity index (χ4v) is 2.83. The van der Waals surface area contributed by atoms with Gasteiger partial charge in [-0.2, -0.15) is 0 Å². The first-order valence-electron chi connectivity index (χ1n) is 7.67. The summed E-state index contributed by atoms with van der Waals surface area (Å²) in [5.74, 6) is -0.512. The molecule has 2 N–H and O–H groups in total. The summed E-state index contributed by atoms with van der Waals surface area (Å²) in [5.41, 5.74) is 0.940. The lowest BCUT2D eigenvalue weighted by Crippen LogP contribution is -2.42. The lowest BCUT2D eigenvalue weighted by atomic mass is 10.1. The number of anilines is 1. The highest BCUT2D eigenvalue weighted by atomic mass is 35.5. The van der Waals surface area contributed by atoms with Crippen molar-refractivity contribution >= 4 is 29.1 Å². The van der Waals surface area contributed by atoms with Gasteiger partial charge < -0.3 is 19.7 Å². The Labute approximate surface area is 144 Å². The maximum absolute atomic E-state index is 12.5. The molecule has 0 radical (unpaired) electrons. The van der Waals surface area contributed by atoms with Gasteiger partial charge in [0, 0.05) is 24.3 Å². The number of likely N-dealkylation sites (tertiary alicyclic amines) is 1. The highest BCUT2D eigenvalue weighted by Gasteiger charge is 2.23. The second kappa shape index (κ2) is 7.07. The van der Waals surface area contributed by atoms with Crippen LogP contribution >= 0.6 is 11.6 Å². The predicted molar refractivity (Wildman–Crippen MR) is 89.3 cm³/mol. The molecule has 6 nitrogen and oxygen atoms in total. The fourth-order valence-electron chi connectivity index (χ4n) is 2.68. The van der Waals surface area contributed by atoms with Gasteiger partial charge in [0.05, 0.1) is 6.10 Å². The van der Waals surface area contributed by atoms with Crippen molar-refractivity contribution in [3.8, 4) is 0 Å². The van der Waals surface area contributed by atoms with Crippen molar-refractivity contribution < 1.29 is 19.1 Å². The lowest BCUT2D eigenvalue weighted by Gasteiger charge is -2.30.